The Morgan fingerprint density at radius 3 is 2.47 bits per heavy atom. The fourth-order valence-electron chi connectivity index (χ4n) is 1.46. The predicted octanol–water partition coefficient (Wildman–Crippen LogP) is 2.57. The summed E-state index contributed by atoms with van der Waals surface area (Å²) >= 11 is 0. The number of allylic oxidation sites excluding steroid dienone is 1. The van der Waals surface area contributed by atoms with Crippen LogP contribution in [0, 0.1) is 6.92 Å². The van der Waals surface area contributed by atoms with Crippen molar-refractivity contribution in [1.29, 1.82) is 0 Å². The van der Waals surface area contributed by atoms with Crippen LogP contribution in [-0.4, -0.2) is 22.2 Å². The lowest BCUT2D eigenvalue weighted by Gasteiger charge is -2.05. The van der Waals surface area contributed by atoms with Gasteiger partial charge in [-0.15, -0.1) is 0 Å². The van der Waals surface area contributed by atoms with Gasteiger partial charge in [-0.25, -0.2) is 4.79 Å². The SMILES string of the molecule is C/C(=C\CC(=O)O)c1ccc(C)c(C(=O)O)c1. The summed E-state index contributed by atoms with van der Waals surface area (Å²) in [6, 6.07) is 5.07. The van der Waals surface area contributed by atoms with E-state index in [1.807, 2.05) is 0 Å². The van der Waals surface area contributed by atoms with Crippen LogP contribution in [0.5, 0.6) is 0 Å². The summed E-state index contributed by atoms with van der Waals surface area (Å²) in [7, 11) is 0. The number of aromatic carboxylic acids is 1. The first-order valence-corrected chi connectivity index (χ1v) is 5.14. The molecule has 1 aromatic rings. The Morgan fingerprint density at radius 1 is 1.29 bits per heavy atom. The highest BCUT2D eigenvalue weighted by atomic mass is 16.4. The van der Waals surface area contributed by atoms with Crippen molar-refractivity contribution in [2.45, 2.75) is 20.3 Å². The van der Waals surface area contributed by atoms with Gasteiger partial charge in [0.1, 0.15) is 0 Å². The Kier molecular flexibility index (Phi) is 4.04. The van der Waals surface area contributed by atoms with Crippen molar-refractivity contribution in [1.82, 2.24) is 0 Å². The monoisotopic (exact) mass is 234 g/mol. The Labute approximate surface area is 99.2 Å². The molecule has 0 amide bonds. The molecule has 0 unspecified atom stereocenters. The van der Waals surface area contributed by atoms with E-state index in [1.54, 1.807) is 38.1 Å². The highest BCUT2D eigenvalue weighted by molar-refractivity contribution is 5.90. The lowest BCUT2D eigenvalue weighted by molar-refractivity contribution is -0.136. The molecule has 0 aromatic heterocycles. The summed E-state index contributed by atoms with van der Waals surface area (Å²) in [5.41, 5.74) is 2.42. The minimum Gasteiger partial charge on any atom is -0.481 e. The van der Waals surface area contributed by atoms with E-state index in [0.717, 1.165) is 11.1 Å². The van der Waals surface area contributed by atoms with Crippen molar-refractivity contribution in [3.8, 4) is 0 Å². The zero-order chi connectivity index (χ0) is 13.0. The van der Waals surface area contributed by atoms with E-state index in [4.69, 9.17) is 10.2 Å². The van der Waals surface area contributed by atoms with Crippen molar-refractivity contribution in [3.63, 3.8) is 0 Å². The molecule has 0 saturated heterocycles. The highest BCUT2D eigenvalue weighted by Crippen LogP contribution is 2.18. The molecule has 0 aliphatic rings. The number of hydrogen-bond donors (Lipinski definition) is 2. The maximum atomic E-state index is 10.9. The van der Waals surface area contributed by atoms with Gasteiger partial charge in [0.25, 0.3) is 0 Å². The molecule has 0 radical (unpaired) electrons. The number of benzene rings is 1. The molecular formula is C13H14O4. The summed E-state index contributed by atoms with van der Waals surface area (Å²) in [5.74, 6) is -1.88. The van der Waals surface area contributed by atoms with E-state index in [1.165, 1.54) is 0 Å². The summed E-state index contributed by atoms with van der Waals surface area (Å²) in [4.78, 5) is 21.4. The fraction of sp³-hybridized carbons (Fsp3) is 0.231. The average molecular weight is 234 g/mol. The number of hydrogen-bond acceptors (Lipinski definition) is 2. The molecular weight excluding hydrogens is 220 g/mol. The van der Waals surface area contributed by atoms with Gasteiger partial charge < -0.3 is 10.2 Å². The fourth-order valence-corrected chi connectivity index (χ4v) is 1.46. The van der Waals surface area contributed by atoms with Crippen molar-refractivity contribution in [3.05, 3.63) is 41.0 Å². The molecule has 4 nitrogen and oxygen atoms in total. The number of aryl methyl sites for hydroxylation is 1. The number of carbonyl (C=O) groups is 2. The summed E-state index contributed by atoms with van der Waals surface area (Å²) in [5, 5.41) is 17.5. The van der Waals surface area contributed by atoms with Crippen molar-refractivity contribution in [2.75, 3.05) is 0 Å². The lowest BCUT2D eigenvalue weighted by atomic mass is 10.00. The van der Waals surface area contributed by atoms with Crippen molar-refractivity contribution < 1.29 is 19.8 Å². The molecule has 4 heteroatoms. The molecule has 0 aliphatic heterocycles. The van der Waals surface area contributed by atoms with Crippen molar-refractivity contribution in [2.24, 2.45) is 0 Å². The third-order valence-corrected chi connectivity index (χ3v) is 2.51. The second kappa shape index (κ2) is 5.30. The van der Waals surface area contributed by atoms with E-state index in [9.17, 15) is 9.59 Å². The summed E-state index contributed by atoms with van der Waals surface area (Å²) in [6.45, 7) is 3.49. The zero-order valence-corrected chi connectivity index (χ0v) is 9.73. The van der Waals surface area contributed by atoms with E-state index in [-0.39, 0.29) is 12.0 Å². The number of aliphatic carboxylic acids is 1. The third-order valence-electron chi connectivity index (χ3n) is 2.51. The van der Waals surface area contributed by atoms with Crippen LogP contribution in [0.2, 0.25) is 0 Å². The first-order valence-electron chi connectivity index (χ1n) is 5.14. The van der Waals surface area contributed by atoms with Crippen LogP contribution >= 0.6 is 0 Å². The second-order valence-electron chi connectivity index (χ2n) is 3.82. The highest BCUT2D eigenvalue weighted by Gasteiger charge is 2.08. The van der Waals surface area contributed by atoms with Gasteiger partial charge in [-0.2, -0.15) is 0 Å². The molecule has 0 fully saturated rings. The minimum atomic E-state index is -0.976. The van der Waals surface area contributed by atoms with Gasteiger partial charge in [0.05, 0.1) is 12.0 Å². The average Bonchev–Trinajstić information content (AvgIpc) is 2.26. The van der Waals surface area contributed by atoms with E-state index in [0.29, 0.717) is 5.56 Å². The molecule has 0 spiro atoms. The van der Waals surface area contributed by atoms with Crippen molar-refractivity contribution >= 4 is 17.5 Å². The smallest absolute Gasteiger partial charge is 0.335 e. The van der Waals surface area contributed by atoms with Gasteiger partial charge in [0.15, 0.2) is 0 Å². The summed E-state index contributed by atoms with van der Waals surface area (Å²) < 4.78 is 0. The molecule has 0 heterocycles. The van der Waals surface area contributed by atoms with Crippen LogP contribution in [-0.2, 0) is 4.79 Å². The normalized spacial score (nSPS) is 11.3. The topological polar surface area (TPSA) is 74.6 Å². The van der Waals surface area contributed by atoms with Gasteiger partial charge in [-0.05, 0) is 36.6 Å². The lowest BCUT2D eigenvalue weighted by Crippen LogP contribution is -2.00. The largest absolute Gasteiger partial charge is 0.481 e. The maximum Gasteiger partial charge on any atom is 0.335 e. The first kappa shape index (κ1) is 13.0. The number of carboxylic acid groups (broad SMARTS) is 2. The Hall–Kier alpha value is -2.10. The number of rotatable bonds is 4. The quantitative estimate of drug-likeness (QED) is 0.839. The maximum absolute atomic E-state index is 10.9. The van der Waals surface area contributed by atoms with Gasteiger partial charge in [0.2, 0.25) is 0 Å². The molecule has 2 N–H and O–H groups in total. The zero-order valence-electron chi connectivity index (χ0n) is 9.73. The van der Waals surface area contributed by atoms with E-state index < -0.39 is 11.9 Å². The predicted molar refractivity (Wildman–Crippen MR) is 64.0 cm³/mol. The Bertz CT molecular complexity index is 486. The molecule has 1 rings (SSSR count). The van der Waals surface area contributed by atoms with E-state index >= 15 is 0 Å². The molecule has 17 heavy (non-hydrogen) atoms. The molecule has 0 atom stereocenters. The molecule has 90 valence electrons. The number of carboxylic acids is 2. The van der Waals surface area contributed by atoms with Gasteiger partial charge in [-0.3, -0.25) is 4.79 Å². The Morgan fingerprint density at radius 2 is 1.94 bits per heavy atom. The van der Waals surface area contributed by atoms with Crippen LogP contribution in [0.4, 0.5) is 0 Å². The summed E-state index contributed by atoms with van der Waals surface area (Å²) in [6.07, 6.45) is 1.50. The van der Waals surface area contributed by atoms with Crippen LogP contribution < -0.4 is 0 Å². The van der Waals surface area contributed by atoms with Gasteiger partial charge in [-0.1, -0.05) is 18.2 Å². The van der Waals surface area contributed by atoms with Crippen LogP contribution in [0.3, 0.4) is 0 Å². The van der Waals surface area contributed by atoms with Crippen LogP contribution in [0.25, 0.3) is 5.57 Å². The van der Waals surface area contributed by atoms with Crippen LogP contribution in [0.1, 0.15) is 34.8 Å². The third kappa shape index (κ3) is 3.45. The first-order chi connectivity index (χ1) is 7.91. The van der Waals surface area contributed by atoms with E-state index in [2.05, 4.69) is 0 Å². The van der Waals surface area contributed by atoms with Gasteiger partial charge >= 0.3 is 11.9 Å². The standard InChI is InChI=1S/C13H14O4/c1-8(4-6-12(14)15)10-5-3-9(2)11(7-10)13(16)17/h3-5,7H,6H2,1-2H3,(H,14,15)(H,16,17)/b8-4+. The molecule has 0 saturated carbocycles. The van der Waals surface area contributed by atoms with Gasteiger partial charge in [0, 0.05) is 0 Å². The molecule has 0 aliphatic carbocycles. The van der Waals surface area contributed by atoms with Crippen LogP contribution in [0.15, 0.2) is 24.3 Å². The molecule has 1 aromatic carbocycles. The Balaban J connectivity index is 3.07. The molecule has 0 bridgehead atoms. The minimum absolute atomic E-state index is 0.0673. The second-order valence-corrected chi connectivity index (χ2v) is 3.82.